The van der Waals surface area contributed by atoms with Crippen LogP contribution in [0.2, 0.25) is 0 Å². The number of benzene rings is 1. The van der Waals surface area contributed by atoms with E-state index in [1.165, 1.54) is 19.1 Å². The lowest BCUT2D eigenvalue weighted by Gasteiger charge is -2.11. The van der Waals surface area contributed by atoms with Gasteiger partial charge in [-0.1, -0.05) is 12.1 Å². The van der Waals surface area contributed by atoms with Crippen LogP contribution in [0.1, 0.15) is 17.3 Å². The molecule has 3 N–H and O–H groups in total. The van der Waals surface area contributed by atoms with Crippen molar-refractivity contribution in [2.45, 2.75) is 13.0 Å². The molecule has 0 aliphatic heterocycles. The Kier molecular flexibility index (Phi) is 5.29. The minimum atomic E-state index is -1.02. The monoisotopic (exact) mass is 253 g/mol. The van der Waals surface area contributed by atoms with E-state index in [0.717, 1.165) is 0 Å². The Hall–Kier alpha value is -1.92. The van der Waals surface area contributed by atoms with E-state index in [2.05, 4.69) is 5.32 Å². The molecule has 1 aromatic rings. The highest BCUT2D eigenvalue weighted by molar-refractivity contribution is 5.97. The van der Waals surface area contributed by atoms with Crippen LogP contribution in [0.25, 0.3) is 0 Å². The molecule has 0 bridgehead atoms. The first-order valence-corrected chi connectivity index (χ1v) is 5.39. The van der Waals surface area contributed by atoms with Gasteiger partial charge in [-0.2, -0.15) is 0 Å². The molecule has 0 aliphatic rings. The quantitative estimate of drug-likeness (QED) is 0.494. The highest BCUT2D eigenvalue weighted by Gasteiger charge is 2.14. The zero-order valence-electron chi connectivity index (χ0n) is 9.92. The van der Waals surface area contributed by atoms with Crippen LogP contribution in [-0.2, 0) is 4.79 Å². The molecule has 0 radical (unpaired) electrons. The van der Waals surface area contributed by atoms with E-state index in [1.54, 1.807) is 12.1 Å². The maximum atomic E-state index is 11.8. The van der Waals surface area contributed by atoms with Crippen molar-refractivity contribution in [1.29, 1.82) is 0 Å². The zero-order chi connectivity index (χ0) is 13.5. The summed E-state index contributed by atoms with van der Waals surface area (Å²) in [6, 6.07) is 6.26. The summed E-state index contributed by atoms with van der Waals surface area (Å²) in [6.07, 6.45) is -1.02. The van der Waals surface area contributed by atoms with E-state index < -0.39 is 24.6 Å². The predicted molar refractivity (Wildman–Crippen MR) is 63.2 cm³/mol. The van der Waals surface area contributed by atoms with E-state index in [-0.39, 0.29) is 17.9 Å². The molecule has 0 aromatic heterocycles. The molecule has 1 amide bonds. The van der Waals surface area contributed by atoms with Gasteiger partial charge in [0.1, 0.15) is 5.75 Å². The molecule has 0 saturated carbocycles. The van der Waals surface area contributed by atoms with E-state index >= 15 is 0 Å². The second-order valence-electron chi connectivity index (χ2n) is 3.64. The van der Waals surface area contributed by atoms with Crippen LogP contribution in [-0.4, -0.2) is 41.3 Å². The molecule has 6 nitrogen and oxygen atoms in total. The van der Waals surface area contributed by atoms with Gasteiger partial charge in [0.25, 0.3) is 5.91 Å². The first-order chi connectivity index (χ1) is 8.54. The van der Waals surface area contributed by atoms with E-state index in [1.807, 2.05) is 0 Å². The smallest absolute Gasteiger partial charge is 0.308 e. The van der Waals surface area contributed by atoms with Crippen molar-refractivity contribution in [3.8, 4) is 5.75 Å². The van der Waals surface area contributed by atoms with Crippen molar-refractivity contribution in [2.24, 2.45) is 0 Å². The molecule has 0 heterocycles. The summed E-state index contributed by atoms with van der Waals surface area (Å²) < 4.78 is 4.89. The van der Waals surface area contributed by atoms with Gasteiger partial charge in [-0.3, -0.25) is 9.59 Å². The van der Waals surface area contributed by atoms with Gasteiger partial charge in [0.05, 0.1) is 18.3 Å². The van der Waals surface area contributed by atoms with Crippen molar-refractivity contribution in [3.05, 3.63) is 29.8 Å². The van der Waals surface area contributed by atoms with Crippen LogP contribution >= 0.6 is 0 Å². The highest BCUT2D eigenvalue weighted by Crippen LogP contribution is 2.17. The fourth-order valence-electron chi connectivity index (χ4n) is 1.27. The summed E-state index contributed by atoms with van der Waals surface area (Å²) in [4.78, 5) is 22.6. The number of ether oxygens (including phenoxy) is 1. The molecule has 6 heteroatoms. The fraction of sp³-hybridized carbons (Fsp3) is 0.333. The second-order valence-corrected chi connectivity index (χ2v) is 3.64. The first kappa shape index (κ1) is 14.1. The highest BCUT2D eigenvalue weighted by atomic mass is 16.5. The molecule has 0 spiro atoms. The molecule has 0 fully saturated rings. The lowest BCUT2D eigenvalue weighted by molar-refractivity contribution is -0.131. The maximum absolute atomic E-state index is 11.8. The number of carbonyl (C=O) groups excluding carboxylic acids is 2. The Labute approximate surface area is 104 Å². The topological polar surface area (TPSA) is 95.9 Å². The average molecular weight is 253 g/mol. The number of hydrogen-bond donors (Lipinski definition) is 3. The van der Waals surface area contributed by atoms with Crippen LogP contribution in [0.15, 0.2) is 24.3 Å². The number of amides is 1. The summed E-state index contributed by atoms with van der Waals surface area (Å²) >= 11 is 0. The Balaban J connectivity index is 2.75. The van der Waals surface area contributed by atoms with Crippen molar-refractivity contribution in [3.63, 3.8) is 0 Å². The van der Waals surface area contributed by atoms with Crippen LogP contribution in [0, 0.1) is 0 Å². The first-order valence-electron chi connectivity index (χ1n) is 5.39. The van der Waals surface area contributed by atoms with Crippen LogP contribution in [0.5, 0.6) is 5.75 Å². The molecule has 1 aromatic carbocycles. The van der Waals surface area contributed by atoms with Crippen LogP contribution < -0.4 is 10.1 Å². The van der Waals surface area contributed by atoms with Gasteiger partial charge in [0.2, 0.25) is 0 Å². The number of para-hydroxylation sites is 1. The lowest BCUT2D eigenvalue weighted by atomic mass is 10.2. The molecule has 98 valence electrons. The standard InChI is InChI=1S/C12H15NO5/c1-8(15)18-11-5-3-2-4-10(11)12(17)13-6-9(16)7-14/h2-5,9,14,16H,6-7H2,1H3,(H,13,17). The second kappa shape index (κ2) is 6.73. The van der Waals surface area contributed by atoms with Gasteiger partial charge >= 0.3 is 5.97 Å². The van der Waals surface area contributed by atoms with Gasteiger partial charge in [-0.05, 0) is 12.1 Å². The van der Waals surface area contributed by atoms with Crippen molar-refractivity contribution in [2.75, 3.05) is 13.2 Å². The minimum Gasteiger partial charge on any atom is -0.426 e. The number of rotatable bonds is 5. The Bertz CT molecular complexity index is 432. The third kappa shape index (κ3) is 4.15. The molecule has 0 saturated heterocycles. The molecule has 1 unspecified atom stereocenters. The lowest BCUT2D eigenvalue weighted by Crippen LogP contribution is -2.34. The van der Waals surface area contributed by atoms with E-state index in [4.69, 9.17) is 14.9 Å². The molecule has 0 aliphatic carbocycles. The molecule has 18 heavy (non-hydrogen) atoms. The molecule has 1 rings (SSSR count). The molecular formula is C12H15NO5. The van der Waals surface area contributed by atoms with E-state index in [0.29, 0.717) is 0 Å². The summed E-state index contributed by atoms with van der Waals surface area (Å²) in [5.41, 5.74) is 0.192. The summed E-state index contributed by atoms with van der Waals surface area (Å²) in [6.45, 7) is 0.722. The predicted octanol–water partition coefficient (Wildman–Crippen LogP) is -0.305. The number of esters is 1. The largest absolute Gasteiger partial charge is 0.426 e. The van der Waals surface area contributed by atoms with Crippen LogP contribution in [0.3, 0.4) is 0 Å². The minimum absolute atomic E-state index is 0.0796. The molecule has 1 atom stereocenters. The Morgan fingerprint density at radius 3 is 2.67 bits per heavy atom. The van der Waals surface area contributed by atoms with Crippen molar-refractivity contribution < 1.29 is 24.5 Å². The van der Waals surface area contributed by atoms with Crippen molar-refractivity contribution >= 4 is 11.9 Å². The molecular weight excluding hydrogens is 238 g/mol. The fourth-order valence-corrected chi connectivity index (χ4v) is 1.27. The third-order valence-corrected chi connectivity index (χ3v) is 2.09. The number of nitrogens with one attached hydrogen (secondary N) is 1. The van der Waals surface area contributed by atoms with E-state index in [9.17, 15) is 9.59 Å². The van der Waals surface area contributed by atoms with Gasteiger partial charge in [0.15, 0.2) is 0 Å². The zero-order valence-corrected chi connectivity index (χ0v) is 9.92. The summed E-state index contributed by atoms with van der Waals surface area (Å²) in [5.74, 6) is -0.856. The van der Waals surface area contributed by atoms with Gasteiger partial charge in [-0.15, -0.1) is 0 Å². The third-order valence-electron chi connectivity index (χ3n) is 2.09. The normalized spacial score (nSPS) is 11.7. The number of aliphatic hydroxyl groups excluding tert-OH is 2. The number of carbonyl (C=O) groups is 2. The van der Waals surface area contributed by atoms with Gasteiger partial charge < -0.3 is 20.3 Å². The maximum Gasteiger partial charge on any atom is 0.308 e. The summed E-state index contributed by atoms with van der Waals surface area (Å²) in [5, 5.41) is 20.2. The number of aliphatic hydroxyl groups is 2. The average Bonchev–Trinajstić information content (AvgIpc) is 2.35. The Morgan fingerprint density at radius 2 is 2.06 bits per heavy atom. The van der Waals surface area contributed by atoms with Crippen LogP contribution in [0.4, 0.5) is 0 Å². The number of hydrogen-bond acceptors (Lipinski definition) is 5. The van der Waals surface area contributed by atoms with Gasteiger partial charge in [0, 0.05) is 13.5 Å². The van der Waals surface area contributed by atoms with Gasteiger partial charge in [-0.25, -0.2) is 0 Å². The Morgan fingerprint density at radius 1 is 1.39 bits per heavy atom. The summed E-state index contributed by atoms with van der Waals surface area (Å²) in [7, 11) is 0. The van der Waals surface area contributed by atoms with Crippen molar-refractivity contribution in [1.82, 2.24) is 5.32 Å². The SMILES string of the molecule is CC(=O)Oc1ccccc1C(=O)NCC(O)CO.